The monoisotopic (exact) mass is 451 g/mol. The van der Waals surface area contributed by atoms with E-state index in [-0.39, 0.29) is 17.2 Å². The van der Waals surface area contributed by atoms with Crippen molar-refractivity contribution in [2.24, 2.45) is 0 Å². The van der Waals surface area contributed by atoms with Crippen LogP contribution in [0.5, 0.6) is 17.2 Å². The molecule has 5 nitrogen and oxygen atoms in total. The van der Waals surface area contributed by atoms with E-state index in [9.17, 15) is 9.90 Å². The summed E-state index contributed by atoms with van der Waals surface area (Å²) < 4.78 is 14.8. The zero-order valence-corrected chi connectivity index (χ0v) is 12.8. The first kappa shape index (κ1) is 13.6. The van der Waals surface area contributed by atoms with Gasteiger partial charge in [0.05, 0.1) is 0 Å². The Morgan fingerprint density at radius 2 is 1.81 bits per heavy atom. The topological polar surface area (TPSA) is 65.0 Å². The van der Waals surface area contributed by atoms with Gasteiger partial charge in [-0.3, -0.25) is 0 Å². The van der Waals surface area contributed by atoms with Gasteiger partial charge in [-0.25, -0.2) is 0 Å². The number of phenols is 1. The average molecular weight is 451 g/mol. The van der Waals surface area contributed by atoms with E-state index in [1.807, 2.05) is 18.6 Å². The molecular formula is C9H9I2O5-. The number of benzene rings is 1. The van der Waals surface area contributed by atoms with E-state index in [1.54, 1.807) is 0 Å². The van der Waals surface area contributed by atoms with Crippen LogP contribution in [0.3, 0.4) is 0 Å². The first-order chi connectivity index (χ1) is 7.63. The third-order valence-electron chi connectivity index (χ3n) is 1.81. The summed E-state index contributed by atoms with van der Waals surface area (Å²) in [6.45, 7) is 0. The van der Waals surface area contributed by atoms with Gasteiger partial charge in [0.1, 0.15) is 0 Å². The standard InChI is InChI=1S/C9H9I2O5/c1-14-6-3-5(9(13)16-11-10)4-7(15-2)8(6)12/h3-4,12H,1-2H3/q-1. The molecule has 0 unspecified atom stereocenters. The second-order valence-corrected chi connectivity index (χ2v) is 5.66. The predicted octanol–water partition coefficient (Wildman–Crippen LogP) is -1.08. The van der Waals surface area contributed by atoms with Gasteiger partial charge < -0.3 is 0 Å². The van der Waals surface area contributed by atoms with Crippen molar-refractivity contribution in [3.8, 4) is 17.2 Å². The number of rotatable bonds is 4. The average Bonchev–Trinajstić information content (AvgIpc) is 2.29. The molecule has 0 saturated heterocycles. The molecule has 1 N–H and O–H groups in total. The molecule has 1 aromatic carbocycles. The molecule has 90 valence electrons. The van der Waals surface area contributed by atoms with Gasteiger partial charge in [-0.1, -0.05) is 0 Å². The quantitative estimate of drug-likeness (QED) is 0.591. The Morgan fingerprint density at radius 1 is 1.31 bits per heavy atom. The molecule has 0 aliphatic rings. The maximum absolute atomic E-state index is 11.5. The Bertz CT molecular complexity index is 368. The number of halogens is 2. The van der Waals surface area contributed by atoms with Crippen LogP contribution >= 0.6 is 18.6 Å². The second kappa shape index (κ2) is 6.33. The van der Waals surface area contributed by atoms with Crippen molar-refractivity contribution in [1.82, 2.24) is 0 Å². The predicted molar refractivity (Wildman–Crippen MR) is 60.6 cm³/mol. The van der Waals surface area contributed by atoms with Gasteiger partial charge in [0.25, 0.3) is 0 Å². The SMILES string of the molecule is COc1cc(C(=O)O[I-]I)cc(OC)c1O. The van der Waals surface area contributed by atoms with Crippen LogP contribution in [0.1, 0.15) is 10.4 Å². The number of carbonyl (C=O) groups excluding carboxylic acids is 1. The molecule has 1 rings (SSSR count). The summed E-state index contributed by atoms with van der Waals surface area (Å²) in [4.78, 5) is 11.5. The van der Waals surface area contributed by atoms with Crippen molar-refractivity contribution in [1.29, 1.82) is 0 Å². The summed E-state index contributed by atoms with van der Waals surface area (Å²) in [5, 5.41) is 9.63. The molecule has 16 heavy (non-hydrogen) atoms. The van der Waals surface area contributed by atoms with Crippen LogP contribution in [0, 0.1) is 0 Å². The van der Waals surface area contributed by atoms with Crippen LogP contribution in [0.15, 0.2) is 12.1 Å². The maximum atomic E-state index is 11.5. The molecular weight excluding hydrogens is 442 g/mol. The van der Waals surface area contributed by atoms with Crippen LogP contribution in [0.25, 0.3) is 0 Å². The van der Waals surface area contributed by atoms with Crippen LogP contribution in [-0.4, -0.2) is 25.3 Å². The van der Waals surface area contributed by atoms with E-state index in [0.717, 1.165) is 0 Å². The van der Waals surface area contributed by atoms with Gasteiger partial charge in [0, 0.05) is 0 Å². The van der Waals surface area contributed by atoms with E-state index < -0.39 is 23.6 Å². The van der Waals surface area contributed by atoms with Crippen molar-refractivity contribution in [3.05, 3.63) is 17.7 Å². The molecule has 0 aromatic heterocycles. The van der Waals surface area contributed by atoms with Crippen molar-refractivity contribution in [2.75, 3.05) is 14.2 Å². The summed E-state index contributed by atoms with van der Waals surface area (Å²) in [7, 11) is 2.80. The van der Waals surface area contributed by atoms with E-state index in [0.29, 0.717) is 5.56 Å². The van der Waals surface area contributed by atoms with Gasteiger partial charge in [-0.05, 0) is 0 Å². The van der Waals surface area contributed by atoms with E-state index in [4.69, 9.17) is 12.5 Å². The first-order valence-electron chi connectivity index (χ1n) is 4.06. The summed E-state index contributed by atoms with van der Waals surface area (Å²) in [5.74, 6) is -0.222. The molecule has 0 fully saturated rings. The number of phenolic OH excluding ortho intramolecular Hbond substituents is 1. The van der Waals surface area contributed by atoms with Crippen molar-refractivity contribution in [3.63, 3.8) is 0 Å². The Kier molecular flexibility index (Phi) is 5.38. The number of carbonyl (C=O) groups is 1. The number of methoxy groups -OCH3 is 2. The van der Waals surface area contributed by atoms with E-state index >= 15 is 0 Å². The van der Waals surface area contributed by atoms with Crippen molar-refractivity contribution >= 4 is 24.6 Å². The van der Waals surface area contributed by atoms with Gasteiger partial charge in [0.2, 0.25) is 0 Å². The van der Waals surface area contributed by atoms with Crippen LogP contribution < -0.4 is 27.1 Å². The normalized spacial score (nSPS) is 9.94. The molecule has 0 spiro atoms. The van der Waals surface area contributed by atoms with Gasteiger partial charge in [0.15, 0.2) is 0 Å². The third kappa shape index (κ3) is 3.03. The number of ether oxygens (including phenoxy) is 2. The number of hydrogen-bond donors (Lipinski definition) is 1. The Labute approximate surface area is 113 Å². The zero-order chi connectivity index (χ0) is 12.1. The fourth-order valence-corrected chi connectivity index (χ4v) is 2.50. The first-order valence-corrected chi connectivity index (χ1v) is 11.2. The molecule has 0 aliphatic heterocycles. The molecule has 7 heteroatoms. The molecule has 0 aliphatic carbocycles. The fraction of sp³-hybridized carbons (Fsp3) is 0.222. The molecule has 0 amide bonds. The summed E-state index contributed by atoms with van der Waals surface area (Å²) in [6.07, 6.45) is 0. The molecule has 0 atom stereocenters. The molecule has 0 saturated carbocycles. The van der Waals surface area contributed by atoms with Gasteiger partial charge in [-0.2, -0.15) is 0 Å². The van der Waals surface area contributed by atoms with Crippen LogP contribution in [-0.2, 0) is 3.07 Å². The number of hydrogen-bond acceptors (Lipinski definition) is 5. The Balaban J connectivity index is 3.16. The molecule has 1 aromatic rings. The fourth-order valence-electron chi connectivity index (χ4n) is 1.08. The van der Waals surface area contributed by atoms with Crippen LogP contribution in [0.2, 0.25) is 0 Å². The molecule has 0 bridgehead atoms. The second-order valence-electron chi connectivity index (χ2n) is 2.65. The third-order valence-corrected chi connectivity index (χ3v) is 3.50. The zero-order valence-electron chi connectivity index (χ0n) is 8.49. The summed E-state index contributed by atoms with van der Waals surface area (Å²) in [5.41, 5.74) is 0.294. The number of aromatic hydroxyl groups is 1. The van der Waals surface area contributed by atoms with E-state index in [2.05, 4.69) is 0 Å². The van der Waals surface area contributed by atoms with E-state index in [1.165, 1.54) is 26.4 Å². The van der Waals surface area contributed by atoms with Gasteiger partial charge >= 0.3 is 114 Å². The Hall–Kier alpha value is -0.450. The minimum absolute atomic E-state index is 0.134. The Morgan fingerprint density at radius 3 is 2.19 bits per heavy atom. The minimum atomic E-state index is -0.619. The summed E-state index contributed by atoms with van der Waals surface area (Å²) >= 11 is 1.41. The van der Waals surface area contributed by atoms with Crippen molar-refractivity contribution < 1.29 is 40.1 Å². The van der Waals surface area contributed by atoms with Crippen LogP contribution in [0.4, 0.5) is 0 Å². The van der Waals surface area contributed by atoms with Crippen molar-refractivity contribution in [2.45, 2.75) is 0 Å². The summed E-state index contributed by atoms with van der Waals surface area (Å²) in [6, 6.07) is 2.83. The molecule has 0 radical (unpaired) electrons. The molecule has 0 heterocycles. The van der Waals surface area contributed by atoms with Gasteiger partial charge in [-0.15, -0.1) is 0 Å².